The summed E-state index contributed by atoms with van der Waals surface area (Å²) in [7, 11) is 0. The fourth-order valence-corrected chi connectivity index (χ4v) is 3.43. The second-order valence-corrected chi connectivity index (χ2v) is 7.11. The number of para-hydroxylation sites is 2. The summed E-state index contributed by atoms with van der Waals surface area (Å²) >= 11 is 5.26. The molecular formula is C24H17N3O3S. The molecule has 0 aliphatic carbocycles. The molecule has 1 heterocycles. The van der Waals surface area contributed by atoms with E-state index in [0.29, 0.717) is 27.8 Å². The van der Waals surface area contributed by atoms with Gasteiger partial charge in [-0.25, -0.2) is 9.78 Å². The molecule has 31 heavy (non-hydrogen) atoms. The topological polar surface area (TPSA) is 91.3 Å². The van der Waals surface area contributed by atoms with E-state index in [1.807, 2.05) is 54.6 Å². The Hall–Kier alpha value is -4.10. The first kappa shape index (κ1) is 20.2. The number of benzene rings is 3. The van der Waals surface area contributed by atoms with Crippen LogP contribution in [0.25, 0.3) is 22.2 Å². The van der Waals surface area contributed by atoms with E-state index in [0.717, 1.165) is 5.56 Å². The molecule has 0 saturated carbocycles. The number of pyridine rings is 1. The van der Waals surface area contributed by atoms with Gasteiger partial charge >= 0.3 is 5.97 Å². The van der Waals surface area contributed by atoms with Gasteiger partial charge in [0.25, 0.3) is 5.91 Å². The summed E-state index contributed by atoms with van der Waals surface area (Å²) in [6.07, 6.45) is 0. The first-order chi connectivity index (χ1) is 15.0. The van der Waals surface area contributed by atoms with Crippen molar-refractivity contribution in [3.05, 3.63) is 96.1 Å². The molecule has 1 aromatic heterocycles. The average molecular weight is 427 g/mol. The van der Waals surface area contributed by atoms with Gasteiger partial charge in [0.1, 0.15) is 0 Å². The molecule has 3 N–H and O–H groups in total. The number of hydrogen-bond acceptors (Lipinski definition) is 4. The average Bonchev–Trinajstić information content (AvgIpc) is 2.79. The van der Waals surface area contributed by atoms with Crippen LogP contribution in [0.5, 0.6) is 0 Å². The number of carbonyl (C=O) groups is 2. The minimum Gasteiger partial charge on any atom is -0.478 e. The number of carboxylic acid groups (broad SMARTS) is 1. The molecule has 6 nitrogen and oxygen atoms in total. The van der Waals surface area contributed by atoms with Gasteiger partial charge in [-0.2, -0.15) is 0 Å². The molecule has 3 aromatic carbocycles. The van der Waals surface area contributed by atoms with E-state index in [1.54, 1.807) is 24.3 Å². The Bertz CT molecular complexity index is 1310. The Morgan fingerprint density at radius 3 is 2.29 bits per heavy atom. The molecule has 4 aromatic rings. The Morgan fingerprint density at radius 2 is 1.52 bits per heavy atom. The summed E-state index contributed by atoms with van der Waals surface area (Å²) in [5.74, 6) is -1.51. The lowest BCUT2D eigenvalue weighted by Gasteiger charge is -2.13. The van der Waals surface area contributed by atoms with E-state index in [-0.39, 0.29) is 10.7 Å². The van der Waals surface area contributed by atoms with Crippen LogP contribution in [-0.2, 0) is 0 Å². The van der Waals surface area contributed by atoms with Gasteiger partial charge in [0.05, 0.1) is 28.0 Å². The summed E-state index contributed by atoms with van der Waals surface area (Å²) in [5, 5.41) is 15.4. The summed E-state index contributed by atoms with van der Waals surface area (Å²) in [5.41, 5.74) is 3.01. The molecule has 0 spiro atoms. The number of carboxylic acids is 1. The summed E-state index contributed by atoms with van der Waals surface area (Å²) in [4.78, 5) is 29.1. The third kappa shape index (κ3) is 4.41. The predicted octanol–water partition coefficient (Wildman–Crippen LogP) is 4.73. The summed E-state index contributed by atoms with van der Waals surface area (Å²) in [6, 6.07) is 25.0. The molecule has 0 unspecified atom stereocenters. The number of aromatic nitrogens is 1. The maximum Gasteiger partial charge on any atom is 0.337 e. The molecular weight excluding hydrogens is 410 g/mol. The highest BCUT2D eigenvalue weighted by Crippen LogP contribution is 2.25. The van der Waals surface area contributed by atoms with Gasteiger partial charge < -0.3 is 10.4 Å². The minimum atomic E-state index is -1.09. The van der Waals surface area contributed by atoms with E-state index >= 15 is 0 Å². The van der Waals surface area contributed by atoms with Crippen molar-refractivity contribution in [3.63, 3.8) is 0 Å². The fraction of sp³-hybridized carbons (Fsp3) is 0. The lowest BCUT2D eigenvalue weighted by Crippen LogP contribution is -2.34. The van der Waals surface area contributed by atoms with Crippen molar-refractivity contribution in [3.8, 4) is 11.3 Å². The van der Waals surface area contributed by atoms with E-state index in [9.17, 15) is 14.7 Å². The number of fused-ring (bicyclic) bond motifs is 1. The maximum atomic E-state index is 13.1. The van der Waals surface area contributed by atoms with E-state index in [4.69, 9.17) is 12.2 Å². The van der Waals surface area contributed by atoms with Crippen LogP contribution >= 0.6 is 12.2 Å². The van der Waals surface area contributed by atoms with E-state index < -0.39 is 11.9 Å². The fourth-order valence-electron chi connectivity index (χ4n) is 3.22. The second-order valence-electron chi connectivity index (χ2n) is 6.70. The Morgan fingerprint density at radius 1 is 0.839 bits per heavy atom. The zero-order valence-electron chi connectivity index (χ0n) is 16.2. The second kappa shape index (κ2) is 8.73. The molecule has 0 saturated heterocycles. The Labute approximate surface area is 183 Å². The van der Waals surface area contributed by atoms with Crippen molar-refractivity contribution in [2.24, 2.45) is 0 Å². The molecule has 0 fully saturated rings. The van der Waals surface area contributed by atoms with Crippen LogP contribution in [0.15, 0.2) is 84.9 Å². The maximum absolute atomic E-state index is 13.1. The number of carbonyl (C=O) groups excluding carboxylic acids is 1. The van der Waals surface area contributed by atoms with Crippen LogP contribution < -0.4 is 10.6 Å². The van der Waals surface area contributed by atoms with Crippen LogP contribution in [0.2, 0.25) is 0 Å². The van der Waals surface area contributed by atoms with Gasteiger partial charge in [-0.3, -0.25) is 10.1 Å². The number of anilines is 1. The smallest absolute Gasteiger partial charge is 0.337 e. The van der Waals surface area contributed by atoms with Crippen LogP contribution in [-0.4, -0.2) is 27.1 Å². The molecule has 0 atom stereocenters. The van der Waals surface area contributed by atoms with Crippen molar-refractivity contribution < 1.29 is 14.7 Å². The largest absolute Gasteiger partial charge is 0.478 e. The number of rotatable bonds is 4. The number of hydrogen-bond donors (Lipinski definition) is 3. The van der Waals surface area contributed by atoms with Gasteiger partial charge in [-0.1, -0.05) is 60.7 Å². The standard InChI is InChI=1S/C24H17N3O3S/c28-22(27-24(31)26-20-13-7-5-11-17(20)23(29)30)18-14-21(15-8-2-1-3-9-15)25-19-12-6-4-10-16(18)19/h1-14H,(H,29,30)(H2,26,27,28,31). The Kier molecular flexibility index (Phi) is 5.68. The molecule has 0 bridgehead atoms. The van der Waals surface area contributed by atoms with Gasteiger partial charge in [0, 0.05) is 10.9 Å². The van der Waals surface area contributed by atoms with E-state index in [2.05, 4.69) is 15.6 Å². The van der Waals surface area contributed by atoms with Crippen molar-refractivity contribution in [1.29, 1.82) is 0 Å². The monoisotopic (exact) mass is 427 g/mol. The lowest BCUT2D eigenvalue weighted by atomic mass is 10.0. The van der Waals surface area contributed by atoms with Gasteiger partial charge in [-0.15, -0.1) is 0 Å². The Balaban J connectivity index is 1.65. The minimum absolute atomic E-state index is 0.000791. The lowest BCUT2D eigenvalue weighted by molar-refractivity contribution is 0.0698. The summed E-state index contributed by atoms with van der Waals surface area (Å²) in [6.45, 7) is 0. The molecule has 0 aliphatic heterocycles. The highest BCUT2D eigenvalue weighted by atomic mass is 32.1. The zero-order valence-corrected chi connectivity index (χ0v) is 17.0. The first-order valence-corrected chi connectivity index (χ1v) is 9.83. The van der Waals surface area contributed by atoms with Gasteiger partial charge in [0.15, 0.2) is 5.11 Å². The first-order valence-electron chi connectivity index (χ1n) is 9.43. The normalized spacial score (nSPS) is 10.5. The number of amides is 1. The molecule has 0 radical (unpaired) electrons. The highest BCUT2D eigenvalue weighted by molar-refractivity contribution is 7.80. The molecule has 4 rings (SSSR count). The SMILES string of the molecule is O=C(O)c1ccccc1NC(=S)NC(=O)c1cc(-c2ccccc2)nc2ccccc12. The zero-order chi connectivity index (χ0) is 21.8. The summed E-state index contributed by atoms with van der Waals surface area (Å²) < 4.78 is 0. The third-order valence-corrected chi connectivity index (χ3v) is 4.87. The molecule has 0 aliphatic rings. The molecule has 7 heteroatoms. The van der Waals surface area contributed by atoms with Crippen LogP contribution in [0.3, 0.4) is 0 Å². The number of aromatic carboxylic acids is 1. The van der Waals surface area contributed by atoms with Crippen molar-refractivity contribution in [2.45, 2.75) is 0 Å². The van der Waals surface area contributed by atoms with Crippen molar-refractivity contribution in [1.82, 2.24) is 10.3 Å². The van der Waals surface area contributed by atoms with Crippen LogP contribution in [0.1, 0.15) is 20.7 Å². The highest BCUT2D eigenvalue weighted by Gasteiger charge is 2.16. The number of nitrogens with one attached hydrogen (secondary N) is 2. The third-order valence-electron chi connectivity index (χ3n) is 4.66. The van der Waals surface area contributed by atoms with Crippen molar-refractivity contribution in [2.75, 3.05) is 5.32 Å². The molecule has 1 amide bonds. The van der Waals surface area contributed by atoms with E-state index in [1.165, 1.54) is 6.07 Å². The quantitative estimate of drug-likeness (QED) is 0.408. The number of thiocarbonyl (C=S) groups is 1. The van der Waals surface area contributed by atoms with Gasteiger partial charge in [0.2, 0.25) is 0 Å². The van der Waals surface area contributed by atoms with Gasteiger partial charge in [-0.05, 0) is 36.5 Å². The molecule has 152 valence electrons. The van der Waals surface area contributed by atoms with Crippen molar-refractivity contribution >= 4 is 45.8 Å². The van der Waals surface area contributed by atoms with Crippen LogP contribution in [0, 0.1) is 0 Å². The predicted molar refractivity (Wildman–Crippen MR) is 124 cm³/mol. The number of nitrogens with zero attached hydrogens (tertiary/aromatic N) is 1. The van der Waals surface area contributed by atoms with Crippen LogP contribution in [0.4, 0.5) is 5.69 Å².